The van der Waals surface area contributed by atoms with E-state index >= 15 is 0 Å². The van der Waals surface area contributed by atoms with Gasteiger partial charge in [-0.05, 0) is 25.0 Å². The third-order valence-corrected chi connectivity index (χ3v) is 4.54. The summed E-state index contributed by atoms with van der Waals surface area (Å²) in [5.74, 6) is 0.779. The molecule has 2 aliphatic rings. The van der Waals surface area contributed by atoms with Crippen LogP contribution >= 0.6 is 0 Å². The Morgan fingerprint density at radius 2 is 2.00 bits per heavy atom. The number of furan rings is 1. The minimum absolute atomic E-state index is 0.130. The first-order chi connectivity index (χ1) is 11.7. The topological polar surface area (TPSA) is 72.2 Å². The first kappa shape index (κ1) is 17.0. The van der Waals surface area contributed by atoms with E-state index in [4.69, 9.17) is 13.9 Å². The van der Waals surface area contributed by atoms with Crippen molar-refractivity contribution < 1.29 is 23.5 Å². The number of ether oxygens (including phenoxy) is 2. The highest BCUT2D eigenvalue weighted by atomic mass is 16.5. The minimum Gasteiger partial charge on any atom is -0.453 e. The Kier molecular flexibility index (Phi) is 5.52. The largest absolute Gasteiger partial charge is 0.453 e. The quantitative estimate of drug-likeness (QED) is 0.824. The van der Waals surface area contributed by atoms with E-state index < -0.39 is 0 Å². The maximum Gasteiger partial charge on any atom is 0.289 e. The summed E-state index contributed by atoms with van der Waals surface area (Å²) in [4.78, 5) is 28.8. The SMILES string of the molecule is COCc1ccc(C(=O)N2CCCC(C(=O)N3CCOCC3)C2)o1. The van der Waals surface area contributed by atoms with Crippen molar-refractivity contribution in [3.63, 3.8) is 0 Å². The molecular weight excluding hydrogens is 312 g/mol. The number of nitrogens with zero attached hydrogens (tertiary/aromatic N) is 2. The van der Waals surface area contributed by atoms with Gasteiger partial charge in [-0.15, -0.1) is 0 Å². The molecule has 0 radical (unpaired) electrons. The van der Waals surface area contributed by atoms with Crippen LogP contribution in [0.3, 0.4) is 0 Å². The summed E-state index contributed by atoms with van der Waals surface area (Å²) >= 11 is 0. The van der Waals surface area contributed by atoms with E-state index in [0.29, 0.717) is 57.5 Å². The van der Waals surface area contributed by atoms with Crippen LogP contribution in [-0.4, -0.2) is 68.1 Å². The molecule has 2 aliphatic heterocycles. The predicted octanol–water partition coefficient (Wildman–Crippen LogP) is 1.14. The molecule has 3 rings (SSSR count). The van der Waals surface area contributed by atoms with Crippen LogP contribution in [0.5, 0.6) is 0 Å². The fourth-order valence-electron chi connectivity index (χ4n) is 3.27. The lowest BCUT2D eigenvalue weighted by Gasteiger charge is -2.35. The summed E-state index contributed by atoms with van der Waals surface area (Å²) in [6.07, 6.45) is 1.66. The Morgan fingerprint density at radius 1 is 1.21 bits per heavy atom. The first-order valence-electron chi connectivity index (χ1n) is 8.42. The molecule has 1 atom stereocenters. The molecule has 7 heteroatoms. The molecule has 3 heterocycles. The zero-order chi connectivity index (χ0) is 16.9. The van der Waals surface area contributed by atoms with Crippen molar-refractivity contribution in [1.82, 2.24) is 9.80 Å². The molecule has 2 saturated heterocycles. The molecule has 0 N–H and O–H groups in total. The van der Waals surface area contributed by atoms with E-state index in [0.717, 1.165) is 12.8 Å². The smallest absolute Gasteiger partial charge is 0.289 e. The van der Waals surface area contributed by atoms with E-state index in [1.165, 1.54) is 0 Å². The van der Waals surface area contributed by atoms with Crippen molar-refractivity contribution in [1.29, 1.82) is 0 Å². The lowest BCUT2D eigenvalue weighted by Crippen LogP contribution is -2.49. The summed E-state index contributed by atoms with van der Waals surface area (Å²) in [7, 11) is 1.58. The van der Waals surface area contributed by atoms with Crippen LogP contribution in [-0.2, 0) is 20.9 Å². The maximum atomic E-state index is 12.6. The predicted molar refractivity (Wildman–Crippen MR) is 85.4 cm³/mol. The van der Waals surface area contributed by atoms with Crippen LogP contribution in [0.4, 0.5) is 0 Å². The van der Waals surface area contributed by atoms with Gasteiger partial charge in [0.25, 0.3) is 5.91 Å². The molecule has 1 aromatic heterocycles. The van der Waals surface area contributed by atoms with E-state index in [9.17, 15) is 9.59 Å². The first-order valence-corrected chi connectivity index (χ1v) is 8.42. The van der Waals surface area contributed by atoms with Gasteiger partial charge >= 0.3 is 0 Å². The second kappa shape index (κ2) is 7.81. The van der Waals surface area contributed by atoms with Crippen molar-refractivity contribution in [3.8, 4) is 0 Å². The number of piperidine rings is 1. The zero-order valence-corrected chi connectivity index (χ0v) is 14.0. The van der Waals surface area contributed by atoms with E-state index in [1.807, 2.05) is 4.90 Å². The van der Waals surface area contributed by atoms with Gasteiger partial charge in [0.05, 0.1) is 19.1 Å². The van der Waals surface area contributed by atoms with Crippen LogP contribution in [0, 0.1) is 5.92 Å². The number of rotatable bonds is 4. The van der Waals surface area contributed by atoms with Crippen molar-refractivity contribution in [2.24, 2.45) is 5.92 Å². The van der Waals surface area contributed by atoms with Crippen molar-refractivity contribution >= 4 is 11.8 Å². The average Bonchev–Trinajstić information content (AvgIpc) is 3.10. The second-order valence-electron chi connectivity index (χ2n) is 6.23. The number of amides is 2. The van der Waals surface area contributed by atoms with Crippen molar-refractivity contribution in [2.45, 2.75) is 19.4 Å². The van der Waals surface area contributed by atoms with Gasteiger partial charge in [-0.2, -0.15) is 0 Å². The lowest BCUT2D eigenvalue weighted by atomic mass is 9.96. The van der Waals surface area contributed by atoms with Gasteiger partial charge in [-0.3, -0.25) is 9.59 Å². The second-order valence-corrected chi connectivity index (χ2v) is 6.23. The Labute approximate surface area is 141 Å². The van der Waals surface area contributed by atoms with Crippen molar-refractivity contribution in [2.75, 3.05) is 46.5 Å². The standard InChI is InChI=1S/C17H24N2O5/c1-22-12-14-4-5-15(24-14)17(21)19-6-2-3-13(11-19)16(20)18-7-9-23-10-8-18/h4-5,13H,2-3,6-12H2,1H3. The van der Waals surface area contributed by atoms with Gasteiger partial charge < -0.3 is 23.7 Å². The van der Waals surface area contributed by atoms with Gasteiger partial charge in [0.15, 0.2) is 5.76 Å². The monoisotopic (exact) mass is 336 g/mol. The number of morpholine rings is 1. The number of hydrogen-bond acceptors (Lipinski definition) is 5. The average molecular weight is 336 g/mol. The Balaban J connectivity index is 1.61. The number of carbonyl (C=O) groups is 2. The molecule has 1 aromatic rings. The maximum absolute atomic E-state index is 12.6. The van der Waals surface area contributed by atoms with E-state index in [2.05, 4.69) is 0 Å². The lowest BCUT2D eigenvalue weighted by molar-refractivity contribution is -0.141. The summed E-state index contributed by atoms with van der Waals surface area (Å²) in [6.45, 7) is 3.92. The number of hydrogen-bond donors (Lipinski definition) is 0. The third kappa shape index (κ3) is 3.79. The fourth-order valence-corrected chi connectivity index (χ4v) is 3.27. The van der Waals surface area contributed by atoms with Crippen LogP contribution in [0.2, 0.25) is 0 Å². The summed E-state index contributed by atoms with van der Waals surface area (Å²) < 4.78 is 15.8. The Bertz CT molecular complexity index is 579. The molecule has 7 nitrogen and oxygen atoms in total. The molecule has 1 unspecified atom stereocenters. The van der Waals surface area contributed by atoms with Crippen molar-refractivity contribution in [3.05, 3.63) is 23.7 Å². The molecule has 0 aliphatic carbocycles. The number of carbonyl (C=O) groups excluding carboxylic acids is 2. The Morgan fingerprint density at radius 3 is 2.75 bits per heavy atom. The third-order valence-electron chi connectivity index (χ3n) is 4.54. The molecule has 0 saturated carbocycles. The zero-order valence-electron chi connectivity index (χ0n) is 14.0. The molecule has 0 spiro atoms. The van der Waals surface area contributed by atoms with Gasteiger partial charge in [0, 0.05) is 33.3 Å². The summed E-state index contributed by atoms with van der Waals surface area (Å²) in [5.41, 5.74) is 0. The minimum atomic E-state index is -0.156. The molecule has 24 heavy (non-hydrogen) atoms. The van der Waals surface area contributed by atoms with Crippen LogP contribution in [0.25, 0.3) is 0 Å². The molecule has 0 aromatic carbocycles. The van der Waals surface area contributed by atoms with Crippen LogP contribution in [0.15, 0.2) is 16.5 Å². The highest BCUT2D eigenvalue weighted by Gasteiger charge is 2.32. The van der Waals surface area contributed by atoms with Gasteiger partial charge in [0.1, 0.15) is 12.4 Å². The van der Waals surface area contributed by atoms with E-state index in [1.54, 1.807) is 24.1 Å². The molecule has 2 fully saturated rings. The fraction of sp³-hybridized carbons (Fsp3) is 0.647. The van der Waals surface area contributed by atoms with Gasteiger partial charge in [0.2, 0.25) is 5.91 Å². The molecule has 2 amide bonds. The number of likely N-dealkylation sites (tertiary alicyclic amines) is 1. The molecular formula is C17H24N2O5. The summed E-state index contributed by atoms with van der Waals surface area (Å²) in [6, 6.07) is 3.42. The Hall–Kier alpha value is -1.86. The number of methoxy groups -OCH3 is 1. The van der Waals surface area contributed by atoms with Crippen LogP contribution < -0.4 is 0 Å². The highest BCUT2D eigenvalue weighted by molar-refractivity contribution is 5.92. The van der Waals surface area contributed by atoms with Gasteiger partial charge in [-0.25, -0.2) is 0 Å². The molecule has 0 bridgehead atoms. The van der Waals surface area contributed by atoms with E-state index in [-0.39, 0.29) is 17.7 Å². The highest BCUT2D eigenvalue weighted by Crippen LogP contribution is 2.22. The van der Waals surface area contributed by atoms with Gasteiger partial charge in [-0.1, -0.05) is 0 Å². The van der Waals surface area contributed by atoms with Crippen LogP contribution in [0.1, 0.15) is 29.2 Å². The molecule has 132 valence electrons. The normalized spacial score (nSPS) is 21.8. The summed E-state index contributed by atoms with van der Waals surface area (Å²) in [5, 5.41) is 0.